The Morgan fingerprint density at radius 3 is 2.72 bits per heavy atom. The smallest absolute Gasteiger partial charge is 0.149 e. The number of imidazole rings is 1. The molecule has 0 saturated carbocycles. The number of allylic oxidation sites excluding steroid dienone is 1. The van der Waals surface area contributed by atoms with Crippen LogP contribution in [0.15, 0.2) is 71.2 Å². The second-order valence-electron chi connectivity index (χ2n) is 6.33. The lowest BCUT2D eigenvalue weighted by atomic mass is 10.1. The molecule has 3 aromatic carbocycles. The Balaban J connectivity index is 1.68. The molecule has 0 bridgehead atoms. The minimum Gasteiger partial charge on any atom is -0.488 e. The normalized spacial score (nSPS) is 11.4. The first kappa shape index (κ1) is 18.9. The first-order valence-corrected chi connectivity index (χ1v) is 9.66. The summed E-state index contributed by atoms with van der Waals surface area (Å²) in [4.78, 5) is 7.65. The van der Waals surface area contributed by atoms with Crippen LogP contribution in [0.1, 0.15) is 17.0 Å². The molecule has 0 amide bonds. The quantitative estimate of drug-likeness (QED) is 0.375. The van der Waals surface area contributed by atoms with Crippen molar-refractivity contribution in [3.05, 3.63) is 94.0 Å². The highest BCUT2D eigenvalue weighted by molar-refractivity contribution is 9.10. The molecule has 0 aliphatic rings. The largest absolute Gasteiger partial charge is 0.488 e. The lowest BCUT2D eigenvalue weighted by molar-refractivity contribution is 0.299. The number of halogens is 2. The Bertz CT molecular complexity index is 1220. The predicted octanol–water partition coefficient (Wildman–Crippen LogP) is 6.11. The Kier molecular flexibility index (Phi) is 5.41. The monoisotopic (exact) mass is 447 g/mol. The van der Waals surface area contributed by atoms with Gasteiger partial charge in [0.05, 0.1) is 16.6 Å². The fraction of sp³-hybridized carbons (Fsp3) is 0.0435. The van der Waals surface area contributed by atoms with Gasteiger partial charge in [0.1, 0.15) is 30.1 Å². The van der Waals surface area contributed by atoms with Crippen LogP contribution in [0.5, 0.6) is 5.75 Å². The SMILES string of the molecule is N#C/C(=C\c1cc(Br)ccc1OCc1ccccc1F)c1nc2ccccc2[nH]1. The summed E-state index contributed by atoms with van der Waals surface area (Å²) in [6, 6.07) is 21.7. The van der Waals surface area contributed by atoms with E-state index in [4.69, 9.17) is 4.74 Å². The summed E-state index contributed by atoms with van der Waals surface area (Å²) in [6.07, 6.45) is 1.71. The van der Waals surface area contributed by atoms with E-state index in [0.29, 0.717) is 28.3 Å². The molecule has 0 atom stereocenters. The Morgan fingerprint density at radius 1 is 1.14 bits per heavy atom. The number of benzene rings is 3. The Morgan fingerprint density at radius 2 is 1.93 bits per heavy atom. The molecule has 1 N–H and O–H groups in total. The minimum atomic E-state index is -0.318. The van der Waals surface area contributed by atoms with Gasteiger partial charge in [-0.2, -0.15) is 5.26 Å². The minimum absolute atomic E-state index is 0.0850. The number of fused-ring (bicyclic) bond motifs is 1. The first-order valence-electron chi connectivity index (χ1n) is 8.87. The lowest BCUT2D eigenvalue weighted by Crippen LogP contribution is -1.99. The van der Waals surface area contributed by atoms with Crippen molar-refractivity contribution in [3.63, 3.8) is 0 Å². The topological polar surface area (TPSA) is 61.7 Å². The molecule has 0 spiro atoms. The number of hydrogen-bond acceptors (Lipinski definition) is 3. The number of ether oxygens (including phenoxy) is 1. The van der Waals surface area contributed by atoms with E-state index in [-0.39, 0.29) is 12.4 Å². The highest BCUT2D eigenvalue weighted by Crippen LogP contribution is 2.28. The number of aromatic amines is 1. The maximum absolute atomic E-state index is 13.9. The fourth-order valence-corrected chi connectivity index (χ4v) is 3.30. The van der Waals surface area contributed by atoms with Gasteiger partial charge in [0.2, 0.25) is 0 Å². The maximum atomic E-state index is 13.9. The first-order chi connectivity index (χ1) is 14.1. The average Bonchev–Trinajstić information content (AvgIpc) is 3.16. The van der Waals surface area contributed by atoms with Crippen LogP contribution in [-0.4, -0.2) is 9.97 Å². The Hall–Kier alpha value is -3.43. The van der Waals surface area contributed by atoms with E-state index in [1.807, 2.05) is 36.4 Å². The molecule has 4 rings (SSSR count). The third-order valence-electron chi connectivity index (χ3n) is 4.38. The van der Waals surface area contributed by atoms with Gasteiger partial charge in [0.15, 0.2) is 0 Å². The zero-order valence-corrected chi connectivity index (χ0v) is 16.8. The molecule has 1 heterocycles. The number of para-hydroxylation sites is 2. The van der Waals surface area contributed by atoms with Gasteiger partial charge >= 0.3 is 0 Å². The molecule has 6 heteroatoms. The molecule has 0 unspecified atom stereocenters. The number of rotatable bonds is 5. The summed E-state index contributed by atoms with van der Waals surface area (Å²) >= 11 is 3.45. The van der Waals surface area contributed by atoms with Crippen molar-refractivity contribution in [1.29, 1.82) is 5.26 Å². The second-order valence-corrected chi connectivity index (χ2v) is 7.25. The molecule has 0 aliphatic heterocycles. The lowest BCUT2D eigenvalue weighted by Gasteiger charge is -2.11. The van der Waals surface area contributed by atoms with E-state index >= 15 is 0 Å². The van der Waals surface area contributed by atoms with Gasteiger partial charge in [0, 0.05) is 15.6 Å². The van der Waals surface area contributed by atoms with Crippen LogP contribution in [0.25, 0.3) is 22.7 Å². The second kappa shape index (κ2) is 8.29. The van der Waals surface area contributed by atoms with Crippen molar-refractivity contribution in [1.82, 2.24) is 9.97 Å². The average molecular weight is 448 g/mol. The maximum Gasteiger partial charge on any atom is 0.149 e. The van der Waals surface area contributed by atoms with Gasteiger partial charge < -0.3 is 9.72 Å². The van der Waals surface area contributed by atoms with E-state index < -0.39 is 0 Å². The van der Waals surface area contributed by atoms with Crippen LogP contribution in [-0.2, 0) is 6.61 Å². The number of nitriles is 1. The molecule has 0 fully saturated rings. The summed E-state index contributed by atoms with van der Waals surface area (Å²) < 4.78 is 20.6. The van der Waals surface area contributed by atoms with E-state index in [1.54, 1.807) is 30.3 Å². The van der Waals surface area contributed by atoms with Gasteiger partial charge in [0.25, 0.3) is 0 Å². The van der Waals surface area contributed by atoms with E-state index in [0.717, 1.165) is 15.5 Å². The third-order valence-corrected chi connectivity index (χ3v) is 4.87. The van der Waals surface area contributed by atoms with Gasteiger partial charge in [-0.1, -0.05) is 46.3 Å². The summed E-state index contributed by atoms with van der Waals surface area (Å²) in [7, 11) is 0. The van der Waals surface area contributed by atoms with Crippen molar-refractivity contribution in [2.45, 2.75) is 6.61 Å². The van der Waals surface area contributed by atoms with Crippen LogP contribution >= 0.6 is 15.9 Å². The fourth-order valence-electron chi connectivity index (χ4n) is 2.92. The van der Waals surface area contributed by atoms with Gasteiger partial charge in [-0.25, -0.2) is 9.37 Å². The number of H-pyrrole nitrogens is 1. The van der Waals surface area contributed by atoms with Crippen LogP contribution in [0.3, 0.4) is 0 Å². The predicted molar refractivity (Wildman–Crippen MR) is 114 cm³/mol. The molecule has 0 saturated heterocycles. The van der Waals surface area contributed by atoms with E-state index in [1.165, 1.54) is 6.07 Å². The van der Waals surface area contributed by atoms with Crippen LogP contribution < -0.4 is 4.74 Å². The van der Waals surface area contributed by atoms with Crippen molar-refractivity contribution >= 4 is 38.6 Å². The van der Waals surface area contributed by atoms with Crippen LogP contribution in [0.2, 0.25) is 0 Å². The summed E-state index contributed by atoms with van der Waals surface area (Å²) in [5.74, 6) is 0.704. The number of hydrogen-bond donors (Lipinski definition) is 1. The highest BCUT2D eigenvalue weighted by Gasteiger charge is 2.11. The van der Waals surface area contributed by atoms with Crippen LogP contribution in [0, 0.1) is 17.1 Å². The zero-order valence-electron chi connectivity index (χ0n) is 15.2. The molecule has 0 radical (unpaired) electrons. The molecule has 0 aliphatic carbocycles. The summed E-state index contributed by atoms with van der Waals surface area (Å²) in [6.45, 7) is 0.0850. The summed E-state index contributed by atoms with van der Waals surface area (Å²) in [5, 5.41) is 9.69. The molecule has 1 aromatic heterocycles. The molecular formula is C23H15BrFN3O. The van der Waals surface area contributed by atoms with Gasteiger partial charge in [-0.15, -0.1) is 0 Å². The number of aromatic nitrogens is 2. The summed E-state index contributed by atoms with van der Waals surface area (Å²) in [5.41, 5.74) is 3.16. The zero-order chi connectivity index (χ0) is 20.2. The van der Waals surface area contributed by atoms with Gasteiger partial charge in [-0.05, 0) is 42.5 Å². The molecule has 29 heavy (non-hydrogen) atoms. The van der Waals surface area contributed by atoms with E-state index in [2.05, 4.69) is 32.0 Å². The van der Waals surface area contributed by atoms with Gasteiger partial charge in [-0.3, -0.25) is 0 Å². The highest BCUT2D eigenvalue weighted by atomic mass is 79.9. The molecular weight excluding hydrogens is 433 g/mol. The molecule has 4 nitrogen and oxygen atoms in total. The Labute approximate surface area is 175 Å². The van der Waals surface area contributed by atoms with Crippen molar-refractivity contribution in [2.75, 3.05) is 0 Å². The third kappa shape index (κ3) is 4.20. The molecule has 4 aromatic rings. The van der Waals surface area contributed by atoms with Crippen molar-refractivity contribution in [3.8, 4) is 11.8 Å². The number of nitrogens with one attached hydrogen (secondary N) is 1. The van der Waals surface area contributed by atoms with Crippen LogP contribution in [0.4, 0.5) is 4.39 Å². The number of nitrogens with zero attached hydrogens (tertiary/aromatic N) is 2. The molecule has 142 valence electrons. The van der Waals surface area contributed by atoms with Crippen molar-refractivity contribution in [2.24, 2.45) is 0 Å². The van der Waals surface area contributed by atoms with Crippen molar-refractivity contribution < 1.29 is 9.13 Å². The van der Waals surface area contributed by atoms with E-state index in [9.17, 15) is 9.65 Å². The standard InChI is InChI=1S/C23H15BrFN3O/c24-18-9-10-22(29-14-15-5-1-2-6-19(15)25)16(12-18)11-17(13-26)23-27-20-7-3-4-8-21(20)28-23/h1-12H,14H2,(H,27,28)/b17-11+.